The molecule has 2 fully saturated rings. The second kappa shape index (κ2) is 9.17. The first-order valence-electron chi connectivity index (χ1n) is 10.8. The fourth-order valence-electron chi connectivity index (χ4n) is 5.13. The smallest absolute Gasteiger partial charge is 0.0339 e. The highest BCUT2D eigenvalue weighted by Crippen LogP contribution is 2.64. The van der Waals surface area contributed by atoms with Gasteiger partial charge in [-0.15, -0.1) is 17.2 Å². The normalized spacial score (nSPS) is 29.0. The van der Waals surface area contributed by atoms with Crippen LogP contribution in [0.5, 0.6) is 0 Å². The van der Waals surface area contributed by atoms with E-state index in [-0.39, 0.29) is 0 Å². The predicted molar refractivity (Wildman–Crippen MR) is 121 cm³/mol. The Morgan fingerprint density at radius 1 is 0.731 bits per heavy atom. The Morgan fingerprint density at radius 2 is 1.31 bits per heavy atom. The number of hydrogen-bond donors (Lipinski definition) is 0. The molecule has 0 saturated heterocycles. The molecule has 0 heterocycles. The van der Waals surface area contributed by atoms with Crippen LogP contribution in [-0.4, -0.2) is 16.2 Å². The van der Waals surface area contributed by atoms with Gasteiger partial charge in [-0.25, -0.2) is 0 Å². The van der Waals surface area contributed by atoms with E-state index in [1.165, 1.54) is 76.2 Å². The fourth-order valence-corrected chi connectivity index (χ4v) is 10.7. The molecule has 4 rings (SSSR count). The topological polar surface area (TPSA) is 0 Å². The molecule has 26 heavy (non-hydrogen) atoms. The minimum Gasteiger partial charge on any atom is -0.103 e. The summed E-state index contributed by atoms with van der Waals surface area (Å²) in [6.07, 6.45) is 23.4. The molecule has 1 aromatic carbocycles. The molecule has 3 aliphatic rings. The zero-order valence-corrected chi connectivity index (χ0v) is 18.1. The van der Waals surface area contributed by atoms with Gasteiger partial charge >= 0.3 is 0 Å². The third-order valence-electron chi connectivity index (χ3n) is 6.48. The van der Waals surface area contributed by atoms with E-state index < -0.39 is 0 Å². The van der Waals surface area contributed by atoms with Gasteiger partial charge < -0.3 is 0 Å². The van der Waals surface area contributed by atoms with Gasteiger partial charge in [0.15, 0.2) is 0 Å². The molecule has 3 aliphatic carbocycles. The highest BCUT2D eigenvalue weighted by atomic mass is 31.1. The van der Waals surface area contributed by atoms with Crippen LogP contribution in [0.4, 0.5) is 0 Å². The second-order valence-electron chi connectivity index (χ2n) is 8.44. The summed E-state index contributed by atoms with van der Waals surface area (Å²) >= 11 is 0. The van der Waals surface area contributed by atoms with Gasteiger partial charge in [0.1, 0.15) is 0 Å². The maximum absolute atomic E-state index is 2.48. The van der Waals surface area contributed by atoms with Crippen LogP contribution in [-0.2, 0) is 0 Å². The van der Waals surface area contributed by atoms with Crippen molar-refractivity contribution in [3.8, 4) is 0 Å². The Morgan fingerprint density at radius 3 is 1.88 bits per heavy atom. The molecule has 2 saturated carbocycles. The number of hydrogen-bond acceptors (Lipinski definition) is 0. The highest BCUT2D eigenvalue weighted by molar-refractivity contribution is 7.61. The van der Waals surface area contributed by atoms with Crippen molar-refractivity contribution in [2.45, 2.75) is 86.8 Å². The molecular formula is C24H34P2. The second-order valence-corrected chi connectivity index (χ2v) is 12.9. The van der Waals surface area contributed by atoms with Crippen molar-refractivity contribution in [3.05, 3.63) is 54.1 Å². The van der Waals surface area contributed by atoms with Crippen LogP contribution in [0.1, 0.15) is 76.2 Å². The van der Waals surface area contributed by atoms with Crippen molar-refractivity contribution in [2.75, 3.05) is 0 Å². The fraction of sp³-hybridized carbons (Fsp3) is 0.583. The van der Waals surface area contributed by atoms with Gasteiger partial charge in [0, 0.05) is 4.90 Å². The Labute approximate surface area is 163 Å². The maximum Gasteiger partial charge on any atom is 0.0339 e. The van der Waals surface area contributed by atoms with Gasteiger partial charge in [0.25, 0.3) is 0 Å². The molecular weight excluding hydrogens is 350 g/mol. The van der Waals surface area contributed by atoms with E-state index in [1.54, 1.807) is 5.57 Å². The quantitative estimate of drug-likeness (QED) is 0.455. The molecule has 0 aromatic heterocycles. The molecule has 1 aromatic rings. The van der Waals surface area contributed by atoms with Crippen molar-refractivity contribution >= 4 is 22.7 Å². The van der Waals surface area contributed by atoms with E-state index in [4.69, 9.17) is 0 Å². The molecule has 0 N–H and O–H groups in total. The SMILES string of the molecule is C1=CCC(PC2CCCCC2)(PC2CCCCC2)C(c2ccccc2)=C1. The minimum atomic E-state index is 0.445. The molecule has 0 amide bonds. The first-order chi connectivity index (χ1) is 12.9. The lowest BCUT2D eigenvalue weighted by atomic mass is 9.96. The largest absolute Gasteiger partial charge is 0.103 e. The first kappa shape index (κ1) is 18.9. The van der Waals surface area contributed by atoms with Crippen molar-refractivity contribution in [3.63, 3.8) is 0 Å². The Kier molecular flexibility index (Phi) is 6.67. The van der Waals surface area contributed by atoms with Crippen molar-refractivity contribution < 1.29 is 0 Å². The van der Waals surface area contributed by atoms with Gasteiger partial charge in [0.05, 0.1) is 0 Å². The summed E-state index contributed by atoms with van der Waals surface area (Å²) in [6.45, 7) is 0. The Hall–Kier alpha value is -0.440. The van der Waals surface area contributed by atoms with Crippen LogP contribution >= 0.6 is 17.2 Å². The highest BCUT2D eigenvalue weighted by Gasteiger charge is 2.39. The summed E-state index contributed by atoms with van der Waals surface area (Å²) in [5.41, 5.74) is 5.13. The van der Waals surface area contributed by atoms with E-state index in [0.29, 0.717) is 4.90 Å². The van der Waals surface area contributed by atoms with Crippen LogP contribution in [0.25, 0.3) is 5.57 Å². The zero-order chi connectivity index (χ0) is 17.7. The zero-order valence-electron chi connectivity index (χ0n) is 16.1. The molecule has 0 radical (unpaired) electrons. The molecule has 2 atom stereocenters. The van der Waals surface area contributed by atoms with Gasteiger partial charge in [-0.1, -0.05) is 87.1 Å². The van der Waals surface area contributed by atoms with E-state index in [0.717, 1.165) is 28.5 Å². The molecule has 2 heteroatoms. The first-order valence-corrected chi connectivity index (χ1v) is 13.0. The van der Waals surface area contributed by atoms with Crippen LogP contribution in [0, 0.1) is 0 Å². The summed E-state index contributed by atoms with van der Waals surface area (Å²) in [6, 6.07) is 11.3. The Balaban J connectivity index is 1.63. The van der Waals surface area contributed by atoms with Crippen molar-refractivity contribution in [1.29, 1.82) is 0 Å². The minimum absolute atomic E-state index is 0.445. The summed E-state index contributed by atoms with van der Waals surface area (Å²) in [4.78, 5) is 0.445. The van der Waals surface area contributed by atoms with Crippen LogP contribution < -0.4 is 0 Å². The molecule has 0 spiro atoms. The average molecular weight is 384 g/mol. The van der Waals surface area contributed by atoms with Crippen molar-refractivity contribution in [2.24, 2.45) is 0 Å². The summed E-state index contributed by atoms with van der Waals surface area (Å²) in [5, 5.41) is 0. The lowest BCUT2D eigenvalue weighted by Crippen LogP contribution is -2.28. The van der Waals surface area contributed by atoms with Crippen LogP contribution in [0.2, 0.25) is 0 Å². The molecule has 2 unspecified atom stereocenters. The van der Waals surface area contributed by atoms with Gasteiger partial charge in [-0.3, -0.25) is 0 Å². The summed E-state index contributed by atoms with van der Waals surface area (Å²) < 4.78 is 0. The maximum atomic E-state index is 2.48. The van der Waals surface area contributed by atoms with Gasteiger partial charge in [-0.2, -0.15) is 0 Å². The third kappa shape index (κ3) is 4.51. The predicted octanol–water partition coefficient (Wildman–Crippen LogP) is 7.75. The molecule has 0 nitrogen and oxygen atoms in total. The van der Waals surface area contributed by atoms with Gasteiger partial charge in [0.2, 0.25) is 0 Å². The van der Waals surface area contributed by atoms with E-state index in [9.17, 15) is 0 Å². The van der Waals surface area contributed by atoms with Crippen molar-refractivity contribution in [1.82, 2.24) is 0 Å². The average Bonchev–Trinajstić information content (AvgIpc) is 2.70. The third-order valence-corrected chi connectivity index (χ3v) is 11.2. The summed E-state index contributed by atoms with van der Waals surface area (Å²) in [5.74, 6) is 0. The lowest BCUT2D eigenvalue weighted by molar-refractivity contribution is 0.508. The van der Waals surface area contributed by atoms with E-state index in [1.807, 2.05) is 0 Å². The van der Waals surface area contributed by atoms with E-state index in [2.05, 4.69) is 48.6 Å². The monoisotopic (exact) mass is 384 g/mol. The lowest BCUT2D eigenvalue weighted by Gasteiger charge is -2.44. The van der Waals surface area contributed by atoms with Crippen LogP contribution in [0.3, 0.4) is 0 Å². The van der Waals surface area contributed by atoms with Crippen LogP contribution in [0.15, 0.2) is 48.6 Å². The number of benzene rings is 1. The molecule has 0 bridgehead atoms. The Bertz CT molecular complexity index is 599. The van der Waals surface area contributed by atoms with Gasteiger partial charge in [-0.05, 0) is 54.6 Å². The molecule has 0 aliphatic heterocycles. The van der Waals surface area contributed by atoms with E-state index >= 15 is 0 Å². The summed E-state index contributed by atoms with van der Waals surface area (Å²) in [7, 11) is 2.25. The number of allylic oxidation sites excluding steroid dienone is 4. The number of rotatable bonds is 5. The molecule has 140 valence electrons. The standard InChI is InChI=1S/C24H34P2/c1-4-12-20(13-5-1)23-18-10-11-19-24(23,25-21-14-6-2-7-15-21)26-22-16-8-3-9-17-22/h1,4-5,10-13,18,21-22,25-26H,2-3,6-9,14-17,19H2.